The minimum atomic E-state index is -0.360. The molecule has 0 amide bonds. The zero-order valence-electron chi connectivity index (χ0n) is 9.50. The first-order valence-corrected chi connectivity index (χ1v) is 5.60. The molecule has 3 N–H and O–H groups in total. The molecule has 0 spiro atoms. The molecule has 0 saturated heterocycles. The van der Waals surface area contributed by atoms with Crippen LogP contribution in [0.5, 0.6) is 17.2 Å². The second kappa shape index (κ2) is 3.92. The van der Waals surface area contributed by atoms with Crippen molar-refractivity contribution in [1.29, 1.82) is 0 Å². The van der Waals surface area contributed by atoms with Crippen molar-refractivity contribution in [2.45, 2.75) is 12.7 Å². The van der Waals surface area contributed by atoms with Crippen molar-refractivity contribution < 1.29 is 20.1 Å². The standard InChI is InChI=1S/C14H12O4/c15-10-3-1-8(2-4-10)14-13-9(7-18-14)5-11(16)6-12(13)17/h1-6,14-17H,7H2. The van der Waals surface area contributed by atoms with Crippen LogP contribution in [-0.2, 0) is 11.3 Å². The Bertz CT molecular complexity index is 589. The summed E-state index contributed by atoms with van der Waals surface area (Å²) in [6, 6.07) is 9.56. The van der Waals surface area contributed by atoms with Crippen LogP contribution in [0.25, 0.3) is 0 Å². The van der Waals surface area contributed by atoms with E-state index in [-0.39, 0.29) is 23.4 Å². The predicted octanol–water partition coefficient (Wildman–Crippen LogP) is 2.42. The molecule has 1 aliphatic heterocycles. The van der Waals surface area contributed by atoms with Crippen LogP contribution in [0.2, 0.25) is 0 Å². The lowest BCUT2D eigenvalue weighted by Crippen LogP contribution is -1.98. The summed E-state index contributed by atoms with van der Waals surface area (Å²) in [6.45, 7) is 0.350. The van der Waals surface area contributed by atoms with E-state index in [0.29, 0.717) is 12.2 Å². The molecule has 1 atom stereocenters. The summed E-state index contributed by atoms with van der Waals surface area (Å²) in [6.07, 6.45) is -0.360. The number of benzene rings is 2. The van der Waals surface area contributed by atoms with E-state index in [1.807, 2.05) is 0 Å². The summed E-state index contributed by atoms with van der Waals surface area (Å²) in [5.74, 6) is 0.244. The van der Waals surface area contributed by atoms with Crippen LogP contribution in [0.15, 0.2) is 36.4 Å². The van der Waals surface area contributed by atoms with Gasteiger partial charge in [0.25, 0.3) is 0 Å². The Kier molecular flexibility index (Phi) is 2.38. The van der Waals surface area contributed by atoms with Crippen molar-refractivity contribution in [2.24, 2.45) is 0 Å². The predicted molar refractivity (Wildman–Crippen MR) is 64.5 cm³/mol. The Morgan fingerprint density at radius 2 is 1.67 bits per heavy atom. The Hall–Kier alpha value is -2.20. The van der Waals surface area contributed by atoms with E-state index in [1.165, 1.54) is 6.07 Å². The average molecular weight is 244 g/mol. The maximum atomic E-state index is 9.91. The molecule has 0 bridgehead atoms. The molecule has 0 aromatic heterocycles. The Morgan fingerprint density at radius 1 is 0.944 bits per heavy atom. The molecule has 1 heterocycles. The summed E-state index contributed by atoms with van der Waals surface area (Å²) in [5.41, 5.74) is 2.32. The number of ether oxygens (including phenoxy) is 1. The Labute approximate surface area is 104 Å². The smallest absolute Gasteiger partial charge is 0.125 e. The summed E-state index contributed by atoms with van der Waals surface area (Å²) >= 11 is 0. The third-order valence-corrected chi connectivity index (χ3v) is 3.09. The van der Waals surface area contributed by atoms with Gasteiger partial charge < -0.3 is 20.1 Å². The first-order valence-electron chi connectivity index (χ1n) is 5.60. The first-order chi connectivity index (χ1) is 8.65. The number of hydrogen-bond acceptors (Lipinski definition) is 4. The van der Waals surface area contributed by atoms with E-state index in [1.54, 1.807) is 30.3 Å². The van der Waals surface area contributed by atoms with Gasteiger partial charge >= 0.3 is 0 Å². The highest BCUT2D eigenvalue weighted by molar-refractivity contribution is 5.51. The highest BCUT2D eigenvalue weighted by Gasteiger charge is 2.28. The molecule has 0 saturated carbocycles. The third-order valence-electron chi connectivity index (χ3n) is 3.09. The van der Waals surface area contributed by atoms with Gasteiger partial charge in [-0.15, -0.1) is 0 Å². The molecule has 92 valence electrons. The van der Waals surface area contributed by atoms with Gasteiger partial charge in [-0.25, -0.2) is 0 Å². The van der Waals surface area contributed by atoms with Gasteiger partial charge in [0.2, 0.25) is 0 Å². The third kappa shape index (κ3) is 1.67. The molecule has 2 aromatic carbocycles. The molecule has 4 nitrogen and oxygen atoms in total. The molecule has 4 heteroatoms. The van der Waals surface area contributed by atoms with Gasteiger partial charge in [0.15, 0.2) is 0 Å². The lowest BCUT2D eigenvalue weighted by atomic mass is 9.98. The number of phenolic OH excluding ortho intramolecular Hbond substituents is 3. The van der Waals surface area contributed by atoms with Crippen LogP contribution >= 0.6 is 0 Å². The van der Waals surface area contributed by atoms with Gasteiger partial charge in [-0.1, -0.05) is 12.1 Å². The molecule has 1 aliphatic rings. The molecule has 2 aromatic rings. The SMILES string of the molecule is Oc1ccc(C2OCc3cc(O)cc(O)c32)cc1. The highest BCUT2D eigenvalue weighted by Crippen LogP contribution is 2.43. The minimum absolute atomic E-state index is 0.0283. The van der Waals surface area contributed by atoms with E-state index < -0.39 is 0 Å². The Morgan fingerprint density at radius 3 is 2.39 bits per heavy atom. The first kappa shape index (κ1) is 10.9. The Balaban J connectivity index is 2.07. The summed E-state index contributed by atoms with van der Waals surface area (Å²) in [4.78, 5) is 0. The van der Waals surface area contributed by atoms with Crippen molar-refractivity contribution in [2.75, 3.05) is 0 Å². The minimum Gasteiger partial charge on any atom is -0.508 e. The second-order valence-corrected chi connectivity index (χ2v) is 4.32. The van der Waals surface area contributed by atoms with E-state index >= 15 is 0 Å². The van der Waals surface area contributed by atoms with Crippen LogP contribution in [-0.4, -0.2) is 15.3 Å². The number of fused-ring (bicyclic) bond motifs is 1. The maximum absolute atomic E-state index is 9.91. The van der Waals surface area contributed by atoms with E-state index in [9.17, 15) is 15.3 Å². The topological polar surface area (TPSA) is 69.9 Å². The van der Waals surface area contributed by atoms with Gasteiger partial charge in [-0.3, -0.25) is 0 Å². The van der Waals surface area contributed by atoms with Gasteiger partial charge in [-0.05, 0) is 29.3 Å². The van der Waals surface area contributed by atoms with Crippen molar-refractivity contribution in [1.82, 2.24) is 0 Å². The van der Waals surface area contributed by atoms with Crippen LogP contribution < -0.4 is 0 Å². The number of rotatable bonds is 1. The van der Waals surface area contributed by atoms with Crippen LogP contribution in [0.3, 0.4) is 0 Å². The van der Waals surface area contributed by atoms with Crippen molar-refractivity contribution in [3.05, 3.63) is 53.1 Å². The fraction of sp³-hybridized carbons (Fsp3) is 0.143. The molecule has 0 fully saturated rings. The van der Waals surface area contributed by atoms with E-state index in [4.69, 9.17) is 4.74 Å². The molecule has 3 rings (SSSR count). The number of aromatic hydroxyl groups is 3. The zero-order chi connectivity index (χ0) is 12.7. The van der Waals surface area contributed by atoms with Crippen LogP contribution in [0, 0.1) is 0 Å². The lowest BCUT2D eigenvalue weighted by molar-refractivity contribution is 0.0928. The fourth-order valence-electron chi connectivity index (χ4n) is 2.27. The van der Waals surface area contributed by atoms with Crippen LogP contribution in [0.4, 0.5) is 0 Å². The normalized spacial score (nSPS) is 17.7. The van der Waals surface area contributed by atoms with Crippen molar-refractivity contribution in [3.63, 3.8) is 0 Å². The lowest BCUT2D eigenvalue weighted by Gasteiger charge is -2.13. The molecule has 1 unspecified atom stereocenters. The van der Waals surface area contributed by atoms with Crippen LogP contribution in [0.1, 0.15) is 22.8 Å². The van der Waals surface area contributed by atoms with Crippen molar-refractivity contribution in [3.8, 4) is 17.2 Å². The van der Waals surface area contributed by atoms with Crippen molar-refractivity contribution >= 4 is 0 Å². The van der Waals surface area contributed by atoms with E-state index in [2.05, 4.69) is 0 Å². The largest absolute Gasteiger partial charge is 0.508 e. The zero-order valence-corrected chi connectivity index (χ0v) is 9.50. The van der Waals surface area contributed by atoms with Gasteiger partial charge in [0.05, 0.1) is 6.61 Å². The summed E-state index contributed by atoms with van der Waals surface area (Å²) < 4.78 is 5.63. The monoisotopic (exact) mass is 244 g/mol. The average Bonchev–Trinajstić information content (AvgIpc) is 2.74. The van der Waals surface area contributed by atoms with Gasteiger partial charge in [0.1, 0.15) is 23.4 Å². The fourth-order valence-corrected chi connectivity index (χ4v) is 2.27. The van der Waals surface area contributed by atoms with Gasteiger partial charge in [0, 0.05) is 11.6 Å². The van der Waals surface area contributed by atoms with E-state index in [0.717, 1.165) is 11.1 Å². The molecule has 18 heavy (non-hydrogen) atoms. The second-order valence-electron chi connectivity index (χ2n) is 4.32. The number of hydrogen-bond donors (Lipinski definition) is 3. The molecular formula is C14H12O4. The van der Waals surface area contributed by atoms with Gasteiger partial charge in [-0.2, -0.15) is 0 Å². The number of phenols is 3. The molecule has 0 radical (unpaired) electrons. The highest BCUT2D eigenvalue weighted by atomic mass is 16.5. The quantitative estimate of drug-likeness (QED) is 0.720. The summed E-state index contributed by atoms with van der Waals surface area (Å²) in [5, 5.41) is 28.6. The maximum Gasteiger partial charge on any atom is 0.125 e. The summed E-state index contributed by atoms with van der Waals surface area (Å²) in [7, 11) is 0. The molecular weight excluding hydrogens is 232 g/mol. The molecule has 0 aliphatic carbocycles.